The fraction of sp³-hybridized carbons (Fsp3) is 0.333. The van der Waals surface area contributed by atoms with Gasteiger partial charge in [-0.15, -0.1) is 0 Å². The third-order valence-corrected chi connectivity index (χ3v) is 4.81. The highest BCUT2D eigenvalue weighted by molar-refractivity contribution is 5.92. The van der Waals surface area contributed by atoms with Crippen LogP contribution in [0, 0.1) is 0 Å². The summed E-state index contributed by atoms with van der Waals surface area (Å²) in [5, 5.41) is 2.98. The first kappa shape index (κ1) is 19.1. The van der Waals surface area contributed by atoms with Gasteiger partial charge in [0.15, 0.2) is 0 Å². The second-order valence-electron chi connectivity index (χ2n) is 6.88. The lowest BCUT2D eigenvalue weighted by atomic mass is 10.1. The Morgan fingerprint density at radius 3 is 2.11 bits per heavy atom. The van der Waals surface area contributed by atoms with Crippen LogP contribution in [0.3, 0.4) is 0 Å². The predicted octanol–water partition coefficient (Wildman–Crippen LogP) is 1.22. The zero-order chi connectivity index (χ0) is 19.1. The van der Waals surface area contributed by atoms with Crippen LogP contribution in [0.2, 0.25) is 0 Å². The van der Waals surface area contributed by atoms with Gasteiger partial charge in [-0.05, 0) is 23.3 Å². The monoisotopic (exact) mass is 366 g/mol. The van der Waals surface area contributed by atoms with E-state index < -0.39 is 5.91 Å². The molecule has 1 aliphatic rings. The van der Waals surface area contributed by atoms with Crippen LogP contribution in [0.25, 0.3) is 0 Å². The number of benzene rings is 2. The van der Waals surface area contributed by atoms with Gasteiger partial charge in [0, 0.05) is 44.8 Å². The molecule has 2 amide bonds. The number of hydrogen-bond acceptors (Lipinski definition) is 4. The van der Waals surface area contributed by atoms with E-state index in [1.807, 2.05) is 42.5 Å². The molecule has 0 atom stereocenters. The van der Waals surface area contributed by atoms with Gasteiger partial charge in [0.2, 0.25) is 11.8 Å². The molecule has 0 bridgehead atoms. The minimum atomic E-state index is -0.402. The Kier molecular flexibility index (Phi) is 6.57. The van der Waals surface area contributed by atoms with Crippen LogP contribution in [0.5, 0.6) is 0 Å². The number of amides is 2. The molecule has 2 aromatic rings. The number of carbonyl (C=O) groups is 2. The molecule has 0 unspecified atom stereocenters. The number of carbonyl (C=O) groups excluding carboxylic acids is 2. The normalized spacial score (nSPS) is 15.4. The second kappa shape index (κ2) is 9.30. The summed E-state index contributed by atoms with van der Waals surface area (Å²) in [6, 6.07) is 17.4. The maximum absolute atomic E-state index is 12.1. The van der Waals surface area contributed by atoms with Crippen LogP contribution < -0.4 is 11.1 Å². The highest BCUT2D eigenvalue weighted by atomic mass is 16.2. The lowest BCUT2D eigenvalue weighted by Gasteiger charge is -2.34. The Balaban J connectivity index is 1.38. The Bertz CT molecular complexity index is 754. The van der Waals surface area contributed by atoms with E-state index in [9.17, 15) is 9.59 Å². The Hall–Kier alpha value is -2.70. The molecule has 0 radical (unpaired) electrons. The summed E-state index contributed by atoms with van der Waals surface area (Å²) in [5.74, 6) is -0.338. The Morgan fingerprint density at radius 1 is 0.852 bits per heavy atom. The van der Waals surface area contributed by atoms with E-state index in [0.29, 0.717) is 18.7 Å². The second-order valence-corrected chi connectivity index (χ2v) is 6.88. The van der Waals surface area contributed by atoms with Crippen LogP contribution in [-0.2, 0) is 17.9 Å². The van der Waals surface area contributed by atoms with Crippen LogP contribution in [-0.4, -0.2) is 54.3 Å². The third kappa shape index (κ3) is 5.91. The highest BCUT2D eigenvalue weighted by Crippen LogP contribution is 2.10. The van der Waals surface area contributed by atoms with Gasteiger partial charge in [-0.1, -0.05) is 42.5 Å². The maximum atomic E-state index is 12.1. The first-order valence-corrected chi connectivity index (χ1v) is 9.24. The largest absolute Gasteiger partial charge is 0.366 e. The molecule has 1 heterocycles. The van der Waals surface area contributed by atoms with E-state index in [1.165, 1.54) is 0 Å². The average molecular weight is 366 g/mol. The number of nitrogens with one attached hydrogen (secondary N) is 1. The van der Waals surface area contributed by atoms with Gasteiger partial charge in [0.25, 0.3) is 0 Å². The van der Waals surface area contributed by atoms with Gasteiger partial charge in [-0.2, -0.15) is 0 Å². The van der Waals surface area contributed by atoms with Crippen LogP contribution in [0.4, 0.5) is 0 Å². The summed E-state index contributed by atoms with van der Waals surface area (Å²) in [6.07, 6.45) is 0. The fourth-order valence-electron chi connectivity index (χ4n) is 3.19. The summed E-state index contributed by atoms with van der Waals surface area (Å²) in [6.45, 7) is 5.44. The lowest BCUT2D eigenvalue weighted by molar-refractivity contribution is -0.122. The maximum Gasteiger partial charge on any atom is 0.248 e. The van der Waals surface area contributed by atoms with E-state index in [4.69, 9.17) is 5.73 Å². The van der Waals surface area contributed by atoms with Crippen molar-refractivity contribution >= 4 is 11.8 Å². The summed E-state index contributed by atoms with van der Waals surface area (Å²) >= 11 is 0. The van der Waals surface area contributed by atoms with Crippen molar-refractivity contribution in [2.75, 3.05) is 32.7 Å². The van der Waals surface area contributed by atoms with Crippen molar-refractivity contribution in [2.45, 2.75) is 13.1 Å². The van der Waals surface area contributed by atoms with E-state index >= 15 is 0 Å². The molecule has 1 fully saturated rings. The van der Waals surface area contributed by atoms with Crippen molar-refractivity contribution in [3.05, 3.63) is 71.3 Å². The number of piperazine rings is 1. The van der Waals surface area contributed by atoms with E-state index in [1.54, 1.807) is 12.1 Å². The number of hydrogen-bond donors (Lipinski definition) is 2. The third-order valence-electron chi connectivity index (χ3n) is 4.81. The first-order valence-electron chi connectivity index (χ1n) is 9.24. The molecular weight excluding hydrogens is 340 g/mol. The number of nitrogens with zero attached hydrogens (tertiary/aromatic N) is 2. The molecule has 3 rings (SSSR count). The SMILES string of the molecule is NC(=O)c1ccc(CN2CCN(CC(=O)NCc3ccccc3)CC2)cc1. The van der Waals surface area contributed by atoms with Crippen LogP contribution in [0.1, 0.15) is 21.5 Å². The number of rotatable bonds is 7. The summed E-state index contributed by atoms with van der Waals surface area (Å²) in [7, 11) is 0. The van der Waals surface area contributed by atoms with Gasteiger partial charge < -0.3 is 11.1 Å². The zero-order valence-corrected chi connectivity index (χ0v) is 15.4. The van der Waals surface area contributed by atoms with Gasteiger partial charge >= 0.3 is 0 Å². The van der Waals surface area contributed by atoms with Crippen LogP contribution in [0.15, 0.2) is 54.6 Å². The van der Waals surface area contributed by atoms with Crippen molar-refractivity contribution in [1.82, 2.24) is 15.1 Å². The molecule has 0 aromatic heterocycles. The topological polar surface area (TPSA) is 78.7 Å². The highest BCUT2D eigenvalue weighted by Gasteiger charge is 2.19. The predicted molar refractivity (Wildman–Crippen MR) is 105 cm³/mol. The minimum absolute atomic E-state index is 0.0642. The van der Waals surface area contributed by atoms with Crippen molar-refractivity contribution in [1.29, 1.82) is 0 Å². The fourth-order valence-corrected chi connectivity index (χ4v) is 3.19. The molecule has 1 saturated heterocycles. The molecule has 6 heteroatoms. The Labute approximate surface area is 159 Å². The van der Waals surface area contributed by atoms with Gasteiger partial charge in [0.05, 0.1) is 6.54 Å². The van der Waals surface area contributed by atoms with Gasteiger partial charge in [0.1, 0.15) is 0 Å². The van der Waals surface area contributed by atoms with E-state index in [0.717, 1.165) is 43.9 Å². The number of primary amides is 1. The van der Waals surface area contributed by atoms with Crippen molar-refractivity contribution in [3.63, 3.8) is 0 Å². The van der Waals surface area contributed by atoms with Crippen molar-refractivity contribution in [2.24, 2.45) is 5.73 Å². The molecular formula is C21H26N4O2. The summed E-state index contributed by atoms with van der Waals surface area (Å²) in [5.41, 5.74) is 8.07. The molecule has 3 N–H and O–H groups in total. The molecule has 0 spiro atoms. The number of nitrogens with two attached hydrogens (primary N) is 1. The zero-order valence-electron chi connectivity index (χ0n) is 15.4. The molecule has 1 aliphatic heterocycles. The molecule has 27 heavy (non-hydrogen) atoms. The molecule has 0 aliphatic carbocycles. The molecule has 6 nitrogen and oxygen atoms in total. The molecule has 0 saturated carbocycles. The van der Waals surface area contributed by atoms with Crippen LogP contribution >= 0.6 is 0 Å². The van der Waals surface area contributed by atoms with E-state index in [-0.39, 0.29) is 5.91 Å². The molecule has 142 valence electrons. The lowest BCUT2D eigenvalue weighted by Crippen LogP contribution is -2.49. The standard InChI is InChI=1S/C21H26N4O2/c22-21(27)19-8-6-18(7-9-19)15-24-10-12-25(13-11-24)16-20(26)23-14-17-4-2-1-3-5-17/h1-9H,10-16H2,(H2,22,27)(H,23,26). The summed E-state index contributed by atoms with van der Waals surface area (Å²) in [4.78, 5) is 27.8. The van der Waals surface area contributed by atoms with Gasteiger partial charge in [-0.25, -0.2) is 0 Å². The molecule has 2 aromatic carbocycles. The Morgan fingerprint density at radius 2 is 1.48 bits per heavy atom. The van der Waals surface area contributed by atoms with Crippen molar-refractivity contribution < 1.29 is 9.59 Å². The summed E-state index contributed by atoms with van der Waals surface area (Å²) < 4.78 is 0. The first-order chi connectivity index (χ1) is 13.1. The van der Waals surface area contributed by atoms with E-state index in [2.05, 4.69) is 15.1 Å². The minimum Gasteiger partial charge on any atom is -0.366 e. The van der Waals surface area contributed by atoms with Gasteiger partial charge in [-0.3, -0.25) is 19.4 Å². The quantitative estimate of drug-likeness (QED) is 0.772. The smallest absolute Gasteiger partial charge is 0.248 e. The average Bonchev–Trinajstić information content (AvgIpc) is 2.69. The van der Waals surface area contributed by atoms with Crippen molar-refractivity contribution in [3.8, 4) is 0 Å².